The molecule has 1 nitrogen and oxygen atoms in total. The second-order valence-electron chi connectivity index (χ2n) is 3.91. The fourth-order valence-electron chi connectivity index (χ4n) is 1.80. The van der Waals surface area contributed by atoms with Crippen molar-refractivity contribution in [1.29, 1.82) is 0 Å². The molecule has 16 heavy (non-hydrogen) atoms. The van der Waals surface area contributed by atoms with Gasteiger partial charge in [0.2, 0.25) is 0 Å². The summed E-state index contributed by atoms with van der Waals surface area (Å²) in [6.07, 6.45) is 10.8. The van der Waals surface area contributed by atoms with Gasteiger partial charge in [0.25, 0.3) is 0 Å². The van der Waals surface area contributed by atoms with E-state index < -0.39 is 0 Å². The van der Waals surface area contributed by atoms with Gasteiger partial charge in [0, 0.05) is 18.4 Å². The number of hydrogen-bond donors (Lipinski definition) is 0. The summed E-state index contributed by atoms with van der Waals surface area (Å²) in [7, 11) is 0. The lowest BCUT2D eigenvalue weighted by atomic mass is 10.1. The lowest BCUT2D eigenvalue weighted by molar-refractivity contribution is 0.963. The van der Waals surface area contributed by atoms with Crippen molar-refractivity contribution >= 4 is 5.69 Å². The zero-order valence-electron chi connectivity index (χ0n) is 9.47. The Morgan fingerprint density at radius 2 is 2.06 bits per heavy atom. The van der Waals surface area contributed by atoms with Gasteiger partial charge in [-0.25, -0.2) is 0 Å². The minimum Gasteiger partial charge on any atom is -0.344 e. The van der Waals surface area contributed by atoms with E-state index in [2.05, 4.69) is 54.1 Å². The Hall–Kier alpha value is -1.76. The van der Waals surface area contributed by atoms with E-state index in [0.717, 1.165) is 19.4 Å². The maximum absolute atomic E-state index is 3.75. The second kappa shape index (κ2) is 5.36. The monoisotopic (exact) mass is 211 g/mol. The molecule has 0 atom stereocenters. The number of nitrogens with zero attached hydrogens (tertiary/aromatic N) is 1. The van der Waals surface area contributed by atoms with Gasteiger partial charge >= 0.3 is 0 Å². The van der Waals surface area contributed by atoms with Crippen LogP contribution in [0.1, 0.15) is 12.8 Å². The number of benzene rings is 1. The van der Waals surface area contributed by atoms with E-state index in [1.54, 1.807) is 0 Å². The van der Waals surface area contributed by atoms with Crippen LogP contribution < -0.4 is 4.90 Å². The molecule has 1 aliphatic heterocycles. The predicted octanol–water partition coefficient (Wildman–Crippen LogP) is 3.91. The molecule has 0 aromatic heterocycles. The molecule has 0 spiro atoms. The van der Waals surface area contributed by atoms with Gasteiger partial charge in [-0.15, -0.1) is 6.58 Å². The topological polar surface area (TPSA) is 3.24 Å². The summed E-state index contributed by atoms with van der Waals surface area (Å²) >= 11 is 0. The molecule has 1 aromatic rings. The minimum absolute atomic E-state index is 0.965. The summed E-state index contributed by atoms with van der Waals surface area (Å²) in [6, 6.07) is 10.4. The Kier molecular flexibility index (Phi) is 3.60. The Morgan fingerprint density at radius 3 is 2.69 bits per heavy atom. The van der Waals surface area contributed by atoms with Gasteiger partial charge in [-0.3, -0.25) is 0 Å². The summed E-state index contributed by atoms with van der Waals surface area (Å²) in [5.41, 5.74) is 2.66. The van der Waals surface area contributed by atoms with Crippen LogP contribution in [0.15, 0.2) is 66.9 Å². The molecule has 1 heterocycles. The molecular weight excluding hydrogens is 194 g/mol. The number of rotatable bonds is 4. The van der Waals surface area contributed by atoms with Crippen LogP contribution in [0.4, 0.5) is 5.69 Å². The fourth-order valence-corrected chi connectivity index (χ4v) is 1.80. The average molecular weight is 211 g/mol. The number of hydrogen-bond acceptors (Lipinski definition) is 1. The lowest BCUT2D eigenvalue weighted by Crippen LogP contribution is -2.18. The third-order valence-electron chi connectivity index (χ3n) is 2.74. The summed E-state index contributed by atoms with van der Waals surface area (Å²) in [5.74, 6) is 0. The molecule has 0 amide bonds. The Balaban J connectivity index is 1.98. The van der Waals surface area contributed by atoms with Gasteiger partial charge < -0.3 is 4.90 Å². The third kappa shape index (κ3) is 2.63. The number of allylic oxidation sites excluding steroid dienone is 3. The van der Waals surface area contributed by atoms with E-state index >= 15 is 0 Å². The smallest absolute Gasteiger partial charge is 0.0411 e. The van der Waals surface area contributed by atoms with Crippen molar-refractivity contribution < 1.29 is 0 Å². The molecule has 1 heteroatoms. The first-order valence-electron chi connectivity index (χ1n) is 5.70. The van der Waals surface area contributed by atoms with Crippen molar-refractivity contribution in [3.05, 3.63) is 66.9 Å². The molecule has 0 aliphatic carbocycles. The normalized spacial score (nSPS) is 14.8. The van der Waals surface area contributed by atoms with E-state index in [9.17, 15) is 0 Å². The molecule has 0 N–H and O–H groups in total. The maximum Gasteiger partial charge on any atom is 0.0411 e. The van der Waals surface area contributed by atoms with E-state index in [4.69, 9.17) is 0 Å². The van der Waals surface area contributed by atoms with Crippen LogP contribution in [-0.4, -0.2) is 6.54 Å². The number of anilines is 1. The van der Waals surface area contributed by atoms with Gasteiger partial charge in [0.1, 0.15) is 0 Å². The van der Waals surface area contributed by atoms with Crippen LogP contribution in [0.25, 0.3) is 0 Å². The third-order valence-corrected chi connectivity index (χ3v) is 2.74. The summed E-state index contributed by atoms with van der Waals surface area (Å²) in [4.78, 5) is 2.25. The Morgan fingerprint density at radius 1 is 1.25 bits per heavy atom. The van der Waals surface area contributed by atoms with Gasteiger partial charge in [-0.2, -0.15) is 0 Å². The summed E-state index contributed by atoms with van der Waals surface area (Å²) < 4.78 is 0. The highest BCUT2D eigenvalue weighted by Crippen LogP contribution is 2.19. The predicted molar refractivity (Wildman–Crippen MR) is 70.4 cm³/mol. The Bertz CT molecular complexity index is 401. The standard InChI is InChI=1S/C15H17N/c1-2-3-7-14-10-12-16(13-11-14)15-8-5-4-6-9-15/h2,4-6,8-12H,1,3,7,13H2. The molecule has 0 saturated carbocycles. The second-order valence-corrected chi connectivity index (χ2v) is 3.91. The highest BCUT2D eigenvalue weighted by molar-refractivity contribution is 5.52. The van der Waals surface area contributed by atoms with Crippen molar-refractivity contribution in [3.63, 3.8) is 0 Å². The molecule has 0 saturated heterocycles. The SMILES string of the molecule is C=CCCC1=CCN(c2ccccc2)C=C1. The molecule has 0 unspecified atom stereocenters. The largest absolute Gasteiger partial charge is 0.344 e. The van der Waals surface area contributed by atoms with Crippen LogP contribution in [0.3, 0.4) is 0 Å². The summed E-state index contributed by atoms with van der Waals surface area (Å²) in [6.45, 7) is 4.71. The first-order valence-corrected chi connectivity index (χ1v) is 5.70. The van der Waals surface area contributed by atoms with Crippen LogP contribution in [0, 0.1) is 0 Å². The maximum atomic E-state index is 3.75. The number of para-hydroxylation sites is 1. The quantitative estimate of drug-likeness (QED) is 0.682. The Labute approximate surface area is 97.4 Å². The average Bonchev–Trinajstić information content (AvgIpc) is 2.38. The fraction of sp³-hybridized carbons (Fsp3) is 0.200. The van der Waals surface area contributed by atoms with Crippen molar-refractivity contribution in [2.45, 2.75) is 12.8 Å². The van der Waals surface area contributed by atoms with Crippen LogP contribution in [0.5, 0.6) is 0 Å². The van der Waals surface area contributed by atoms with Gasteiger partial charge in [-0.1, -0.05) is 30.4 Å². The minimum atomic E-state index is 0.965. The van der Waals surface area contributed by atoms with Crippen LogP contribution in [-0.2, 0) is 0 Å². The van der Waals surface area contributed by atoms with Crippen molar-refractivity contribution in [2.24, 2.45) is 0 Å². The molecule has 82 valence electrons. The van der Waals surface area contributed by atoms with Crippen LogP contribution >= 0.6 is 0 Å². The van der Waals surface area contributed by atoms with Gasteiger partial charge in [0.05, 0.1) is 0 Å². The zero-order valence-corrected chi connectivity index (χ0v) is 9.47. The van der Waals surface area contributed by atoms with Crippen molar-refractivity contribution in [1.82, 2.24) is 0 Å². The molecule has 0 bridgehead atoms. The lowest BCUT2D eigenvalue weighted by Gasteiger charge is -2.22. The van der Waals surface area contributed by atoms with Crippen molar-refractivity contribution in [2.75, 3.05) is 11.4 Å². The first kappa shape index (κ1) is 10.7. The zero-order chi connectivity index (χ0) is 11.2. The first-order chi connectivity index (χ1) is 7.90. The van der Waals surface area contributed by atoms with E-state index in [-0.39, 0.29) is 0 Å². The van der Waals surface area contributed by atoms with Gasteiger partial charge in [0.15, 0.2) is 0 Å². The van der Waals surface area contributed by atoms with E-state index in [1.165, 1.54) is 11.3 Å². The molecule has 0 radical (unpaired) electrons. The molecule has 2 rings (SSSR count). The molecule has 1 aliphatic rings. The van der Waals surface area contributed by atoms with Crippen LogP contribution in [0.2, 0.25) is 0 Å². The highest BCUT2D eigenvalue weighted by Gasteiger charge is 2.05. The summed E-state index contributed by atoms with van der Waals surface area (Å²) in [5, 5.41) is 0. The van der Waals surface area contributed by atoms with Gasteiger partial charge in [-0.05, 0) is 36.6 Å². The van der Waals surface area contributed by atoms with E-state index in [1.807, 2.05) is 12.1 Å². The molecule has 1 aromatic carbocycles. The molecular formula is C15H17N. The molecule has 0 fully saturated rings. The highest BCUT2D eigenvalue weighted by atomic mass is 15.1. The van der Waals surface area contributed by atoms with Crippen molar-refractivity contribution in [3.8, 4) is 0 Å². The van der Waals surface area contributed by atoms with E-state index in [0.29, 0.717) is 0 Å².